The van der Waals surface area contributed by atoms with Crippen LogP contribution in [0.1, 0.15) is 26.2 Å². The molecule has 16 heavy (non-hydrogen) atoms. The molecule has 0 aromatic heterocycles. The highest BCUT2D eigenvalue weighted by atomic mass is 16.4. The van der Waals surface area contributed by atoms with E-state index < -0.39 is 11.9 Å². The second-order valence-electron chi connectivity index (χ2n) is 4.33. The van der Waals surface area contributed by atoms with Crippen molar-refractivity contribution in [3.8, 4) is 0 Å². The summed E-state index contributed by atoms with van der Waals surface area (Å²) in [7, 11) is 0. The smallest absolute Gasteiger partial charge is 0.307 e. The monoisotopic (exact) mass is 225 g/mol. The minimum atomic E-state index is -0.852. The molecule has 3 atom stereocenters. The summed E-state index contributed by atoms with van der Waals surface area (Å²) >= 11 is 0. The van der Waals surface area contributed by atoms with Gasteiger partial charge in [-0.15, -0.1) is 6.58 Å². The average Bonchev–Trinajstić information content (AvgIpc) is 2.70. The first kappa shape index (κ1) is 12.7. The number of carbonyl (C=O) groups excluding carboxylic acids is 1. The molecule has 0 radical (unpaired) electrons. The minimum Gasteiger partial charge on any atom is -0.481 e. The zero-order valence-corrected chi connectivity index (χ0v) is 9.61. The number of rotatable bonds is 5. The van der Waals surface area contributed by atoms with E-state index in [1.54, 1.807) is 6.08 Å². The van der Waals surface area contributed by atoms with Crippen molar-refractivity contribution in [2.24, 2.45) is 17.8 Å². The SMILES string of the molecule is C=CCNC(=O)[C@H]1CC(CC)C[C@H]1C(=O)O. The maximum Gasteiger partial charge on any atom is 0.307 e. The number of nitrogens with one attached hydrogen (secondary N) is 1. The molecule has 1 aliphatic rings. The molecule has 1 fully saturated rings. The second kappa shape index (κ2) is 5.68. The topological polar surface area (TPSA) is 66.4 Å². The zero-order valence-electron chi connectivity index (χ0n) is 9.61. The number of aliphatic carboxylic acids is 1. The van der Waals surface area contributed by atoms with E-state index in [2.05, 4.69) is 11.9 Å². The van der Waals surface area contributed by atoms with Gasteiger partial charge in [-0.25, -0.2) is 0 Å². The highest BCUT2D eigenvalue weighted by Crippen LogP contribution is 2.38. The standard InChI is InChI=1S/C12H19NO3/c1-3-5-13-11(14)9-6-8(4-2)7-10(9)12(15)16/h3,8-10H,1,4-7H2,2H3,(H,13,14)(H,15,16)/t8?,9-,10+/m0/s1. The van der Waals surface area contributed by atoms with Crippen LogP contribution in [0.25, 0.3) is 0 Å². The molecule has 1 unspecified atom stereocenters. The zero-order chi connectivity index (χ0) is 12.1. The molecule has 90 valence electrons. The van der Waals surface area contributed by atoms with E-state index in [1.807, 2.05) is 6.92 Å². The number of carboxylic acids is 1. The third-order valence-electron chi connectivity index (χ3n) is 3.31. The van der Waals surface area contributed by atoms with Crippen LogP contribution in [-0.2, 0) is 9.59 Å². The first-order chi connectivity index (χ1) is 7.60. The van der Waals surface area contributed by atoms with Crippen LogP contribution >= 0.6 is 0 Å². The Kier molecular flexibility index (Phi) is 4.52. The van der Waals surface area contributed by atoms with Crippen molar-refractivity contribution in [3.63, 3.8) is 0 Å². The lowest BCUT2D eigenvalue weighted by atomic mass is 9.95. The number of carboxylic acid groups (broad SMARTS) is 1. The van der Waals surface area contributed by atoms with Gasteiger partial charge in [0.2, 0.25) is 5.91 Å². The molecule has 0 aromatic carbocycles. The van der Waals surface area contributed by atoms with Crippen LogP contribution in [0.4, 0.5) is 0 Å². The lowest BCUT2D eigenvalue weighted by Crippen LogP contribution is -2.35. The van der Waals surface area contributed by atoms with Gasteiger partial charge in [-0.3, -0.25) is 9.59 Å². The van der Waals surface area contributed by atoms with Crippen LogP contribution in [0, 0.1) is 17.8 Å². The summed E-state index contributed by atoms with van der Waals surface area (Å²) < 4.78 is 0. The number of hydrogen-bond acceptors (Lipinski definition) is 2. The van der Waals surface area contributed by atoms with Gasteiger partial charge in [-0.2, -0.15) is 0 Å². The normalized spacial score (nSPS) is 28.7. The van der Waals surface area contributed by atoms with E-state index in [0.717, 1.165) is 6.42 Å². The molecule has 2 N–H and O–H groups in total. The van der Waals surface area contributed by atoms with Crippen molar-refractivity contribution in [1.82, 2.24) is 5.32 Å². The van der Waals surface area contributed by atoms with Crippen molar-refractivity contribution in [2.45, 2.75) is 26.2 Å². The first-order valence-corrected chi connectivity index (χ1v) is 5.71. The van der Waals surface area contributed by atoms with Gasteiger partial charge >= 0.3 is 5.97 Å². The molecule has 1 amide bonds. The molecule has 0 aromatic rings. The van der Waals surface area contributed by atoms with E-state index in [0.29, 0.717) is 25.3 Å². The van der Waals surface area contributed by atoms with Gasteiger partial charge < -0.3 is 10.4 Å². The van der Waals surface area contributed by atoms with Crippen LogP contribution in [-0.4, -0.2) is 23.5 Å². The third-order valence-corrected chi connectivity index (χ3v) is 3.31. The van der Waals surface area contributed by atoms with Crippen LogP contribution in [0.3, 0.4) is 0 Å². The molecule has 4 nitrogen and oxygen atoms in total. The highest BCUT2D eigenvalue weighted by molar-refractivity contribution is 5.85. The molecule has 1 saturated carbocycles. The summed E-state index contributed by atoms with van der Waals surface area (Å²) in [6.07, 6.45) is 3.85. The maximum absolute atomic E-state index is 11.8. The van der Waals surface area contributed by atoms with E-state index in [-0.39, 0.29) is 11.8 Å². The Hall–Kier alpha value is -1.32. The Labute approximate surface area is 95.7 Å². The lowest BCUT2D eigenvalue weighted by molar-refractivity contribution is -0.146. The highest BCUT2D eigenvalue weighted by Gasteiger charge is 2.41. The largest absolute Gasteiger partial charge is 0.481 e. The van der Waals surface area contributed by atoms with Gasteiger partial charge in [0.1, 0.15) is 0 Å². The van der Waals surface area contributed by atoms with E-state index >= 15 is 0 Å². The fourth-order valence-electron chi connectivity index (χ4n) is 2.34. The summed E-state index contributed by atoms with van der Waals surface area (Å²) in [5, 5.41) is 11.8. The second-order valence-corrected chi connectivity index (χ2v) is 4.33. The summed E-state index contributed by atoms with van der Waals surface area (Å²) in [5.74, 6) is -1.53. The molecular formula is C12H19NO3. The van der Waals surface area contributed by atoms with Gasteiger partial charge in [-0.1, -0.05) is 19.4 Å². The number of hydrogen-bond donors (Lipinski definition) is 2. The van der Waals surface area contributed by atoms with E-state index in [9.17, 15) is 9.59 Å². The number of amides is 1. The Morgan fingerprint density at radius 2 is 2.06 bits per heavy atom. The molecule has 1 rings (SSSR count). The van der Waals surface area contributed by atoms with E-state index in [4.69, 9.17) is 5.11 Å². The van der Waals surface area contributed by atoms with Crippen LogP contribution < -0.4 is 5.32 Å². The lowest BCUT2D eigenvalue weighted by Gasteiger charge is -2.14. The predicted octanol–water partition coefficient (Wildman–Crippen LogP) is 1.43. The number of carbonyl (C=O) groups is 2. The van der Waals surface area contributed by atoms with Gasteiger partial charge in [0, 0.05) is 6.54 Å². The van der Waals surface area contributed by atoms with Gasteiger partial charge in [0.25, 0.3) is 0 Å². The van der Waals surface area contributed by atoms with E-state index in [1.165, 1.54) is 0 Å². The molecule has 1 aliphatic carbocycles. The quantitative estimate of drug-likeness (QED) is 0.695. The Bertz CT molecular complexity index is 288. The summed E-state index contributed by atoms with van der Waals surface area (Å²) in [6.45, 7) is 5.95. The summed E-state index contributed by atoms with van der Waals surface area (Å²) in [6, 6.07) is 0. The molecule has 4 heteroatoms. The predicted molar refractivity (Wildman–Crippen MR) is 60.8 cm³/mol. The fourth-order valence-corrected chi connectivity index (χ4v) is 2.34. The minimum absolute atomic E-state index is 0.150. The summed E-state index contributed by atoms with van der Waals surface area (Å²) in [4.78, 5) is 22.8. The Morgan fingerprint density at radius 1 is 1.44 bits per heavy atom. The summed E-state index contributed by atoms with van der Waals surface area (Å²) in [5.41, 5.74) is 0. The van der Waals surface area contributed by atoms with Crippen molar-refractivity contribution >= 4 is 11.9 Å². The molecule has 0 saturated heterocycles. The molecule has 0 heterocycles. The van der Waals surface area contributed by atoms with Crippen LogP contribution in [0.2, 0.25) is 0 Å². The average molecular weight is 225 g/mol. The van der Waals surface area contributed by atoms with Gasteiger partial charge in [-0.05, 0) is 18.8 Å². The van der Waals surface area contributed by atoms with Crippen molar-refractivity contribution in [1.29, 1.82) is 0 Å². The van der Waals surface area contributed by atoms with Crippen molar-refractivity contribution < 1.29 is 14.7 Å². The molecular weight excluding hydrogens is 206 g/mol. The van der Waals surface area contributed by atoms with Crippen molar-refractivity contribution in [3.05, 3.63) is 12.7 Å². The third kappa shape index (κ3) is 2.84. The van der Waals surface area contributed by atoms with Gasteiger partial charge in [0.15, 0.2) is 0 Å². The fraction of sp³-hybridized carbons (Fsp3) is 0.667. The maximum atomic E-state index is 11.8. The van der Waals surface area contributed by atoms with Gasteiger partial charge in [0.05, 0.1) is 11.8 Å². The molecule has 0 bridgehead atoms. The first-order valence-electron chi connectivity index (χ1n) is 5.71. The molecule has 0 spiro atoms. The van der Waals surface area contributed by atoms with Crippen molar-refractivity contribution in [2.75, 3.05) is 6.54 Å². The van der Waals surface area contributed by atoms with Crippen LogP contribution in [0.15, 0.2) is 12.7 Å². The van der Waals surface area contributed by atoms with Crippen LogP contribution in [0.5, 0.6) is 0 Å². The Balaban J connectivity index is 2.64. The molecule has 0 aliphatic heterocycles. The Morgan fingerprint density at radius 3 is 2.56 bits per heavy atom.